The summed E-state index contributed by atoms with van der Waals surface area (Å²) in [7, 11) is 0. The highest BCUT2D eigenvalue weighted by Gasteiger charge is 2.32. The van der Waals surface area contributed by atoms with Crippen molar-refractivity contribution in [2.45, 2.75) is 45.3 Å². The molecule has 0 radical (unpaired) electrons. The van der Waals surface area contributed by atoms with E-state index in [0.29, 0.717) is 12.4 Å². The maximum absolute atomic E-state index is 13.1. The maximum atomic E-state index is 13.1. The Morgan fingerprint density at radius 2 is 2.26 bits per heavy atom. The van der Waals surface area contributed by atoms with E-state index in [1.54, 1.807) is 0 Å². The predicted molar refractivity (Wildman–Crippen MR) is 70.1 cm³/mol. The van der Waals surface area contributed by atoms with Crippen LogP contribution in [0.4, 0.5) is 4.39 Å². The van der Waals surface area contributed by atoms with E-state index in [4.69, 9.17) is 9.47 Å². The van der Waals surface area contributed by atoms with Crippen LogP contribution in [0.25, 0.3) is 0 Å². The quantitative estimate of drug-likeness (QED) is 0.784. The molecule has 1 aliphatic heterocycles. The van der Waals surface area contributed by atoms with Gasteiger partial charge in [-0.15, -0.1) is 0 Å². The van der Waals surface area contributed by atoms with Crippen molar-refractivity contribution in [2.75, 3.05) is 6.61 Å². The Bertz CT molecular complexity index is 482. The van der Waals surface area contributed by atoms with Crippen molar-refractivity contribution in [3.63, 3.8) is 0 Å². The third kappa shape index (κ3) is 3.53. The second kappa shape index (κ2) is 5.29. The number of hydrogen-bond donors (Lipinski definition) is 0. The maximum Gasteiger partial charge on any atom is 0.163 e. The number of halogens is 1. The topological polar surface area (TPSA) is 35.5 Å². The third-order valence-corrected chi connectivity index (χ3v) is 3.30. The summed E-state index contributed by atoms with van der Waals surface area (Å²) in [6.45, 7) is 5.88. The largest absolute Gasteiger partial charge is 0.490 e. The molecular weight excluding hydrogens is 247 g/mol. The van der Waals surface area contributed by atoms with E-state index in [9.17, 15) is 9.18 Å². The molecule has 104 valence electrons. The first-order valence-corrected chi connectivity index (χ1v) is 6.48. The van der Waals surface area contributed by atoms with Gasteiger partial charge in [0, 0.05) is 0 Å². The van der Waals surface area contributed by atoms with Crippen LogP contribution in [0.5, 0.6) is 5.75 Å². The monoisotopic (exact) mass is 266 g/mol. The van der Waals surface area contributed by atoms with Gasteiger partial charge in [0.05, 0.1) is 17.3 Å². The first kappa shape index (κ1) is 14.0. The van der Waals surface area contributed by atoms with Crippen LogP contribution in [0, 0.1) is 5.82 Å². The lowest BCUT2D eigenvalue weighted by atomic mass is 10.1. The zero-order valence-corrected chi connectivity index (χ0v) is 11.5. The summed E-state index contributed by atoms with van der Waals surface area (Å²) < 4.78 is 24.5. The van der Waals surface area contributed by atoms with Gasteiger partial charge in [0.25, 0.3) is 0 Å². The number of carbonyl (C=O) groups excluding carboxylic acids is 1. The van der Waals surface area contributed by atoms with E-state index in [-0.39, 0.29) is 23.1 Å². The van der Waals surface area contributed by atoms with Gasteiger partial charge in [-0.05, 0) is 51.8 Å². The lowest BCUT2D eigenvalue weighted by Gasteiger charge is -2.19. The van der Waals surface area contributed by atoms with E-state index in [2.05, 4.69) is 0 Å². The van der Waals surface area contributed by atoms with Gasteiger partial charge in [-0.3, -0.25) is 4.79 Å². The van der Waals surface area contributed by atoms with Crippen LogP contribution >= 0.6 is 0 Å². The molecule has 19 heavy (non-hydrogen) atoms. The van der Waals surface area contributed by atoms with E-state index < -0.39 is 5.82 Å². The zero-order valence-electron chi connectivity index (χ0n) is 11.5. The van der Waals surface area contributed by atoms with E-state index in [1.165, 1.54) is 25.1 Å². The Morgan fingerprint density at radius 1 is 1.53 bits per heavy atom. The van der Waals surface area contributed by atoms with Gasteiger partial charge >= 0.3 is 0 Å². The van der Waals surface area contributed by atoms with Gasteiger partial charge < -0.3 is 9.47 Å². The number of carbonyl (C=O) groups is 1. The molecule has 0 spiro atoms. The van der Waals surface area contributed by atoms with Crippen LogP contribution in [0.1, 0.15) is 44.0 Å². The Balaban J connectivity index is 2.02. The van der Waals surface area contributed by atoms with Crippen LogP contribution < -0.4 is 4.74 Å². The Hall–Kier alpha value is -1.42. The molecule has 0 amide bonds. The molecule has 1 atom stereocenters. The van der Waals surface area contributed by atoms with Crippen molar-refractivity contribution in [1.82, 2.24) is 0 Å². The SMILES string of the molecule is CC(=O)c1cc(F)ccc1OCC1CCC(C)(C)O1. The lowest BCUT2D eigenvalue weighted by molar-refractivity contribution is -0.0327. The van der Waals surface area contributed by atoms with Crippen LogP contribution in [-0.4, -0.2) is 24.1 Å². The molecule has 3 nitrogen and oxygen atoms in total. The summed E-state index contributed by atoms with van der Waals surface area (Å²) in [5.41, 5.74) is 0.164. The fourth-order valence-corrected chi connectivity index (χ4v) is 2.28. The first-order valence-electron chi connectivity index (χ1n) is 6.48. The summed E-state index contributed by atoms with van der Waals surface area (Å²) in [6.07, 6.45) is 1.95. The lowest BCUT2D eigenvalue weighted by Crippen LogP contribution is -2.24. The van der Waals surface area contributed by atoms with Gasteiger partial charge in [0.1, 0.15) is 18.2 Å². The van der Waals surface area contributed by atoms with Crippen molar-refractivity contribution in [1.29, 1.82) is 0 Å². The highest BCUT2D eigenvalue weighted by molar-refractivity contribution is 5.96. The molecule has 1 aromatic rings. The number of ether oxygens (including phenoxy) is 2. The van der Waals surface area contributed by atoms with Crippen molar-refractivity contribution in [3.8, 4) is 5.75 Å². The van der Waals surface area contributed by atoms with E-state index in [0.717, 1.165) is 12.8 Å². The average molecular weight is 266 g/mol. The summed E-state index contributed by atoms with van der Waals surface area (Å²) >= 11 is 0. The number of hydrogen-bond acceptors (Lipinski definition) is 3. The Kier molecular flexibility index (Phi) is 3.90. The predicted octanol–water partition coefficient (Wildman–Crippen LogP) is 3.36. The van der Waals surface area contributed by atoms with Crippen LogP contribution in [0.15, 0.2) is 18.2 Å². The highest BCUT2D eigenvalue weighted by Crippen LogP contribution is 2.30. The highest BCUT2D eigenvalue weighted by atomic mass is 19.1. The Morgan fingerprint density at radius 3 is 2.84 bits per heavy atom. The molecule has 0 saturated carbocycles. The second-order valence-electron chi connectivity index (χ2n) is 5.55. The molecule has 1 heterocycles. The molecule has 0 aromatic heterocycles. The molecule has 1 saturated heterocycles. The van der Waals surface area contributed by atoms with Crippen molar-refractivity contribution in [3.05, 3.63) is 29.6 Å². The molecular formula is C15H19FO3. The van der Waals surface area contributed by atoms with Gasteiger partial charge in [-0.2, -0.15) is 0 Å². The van der Waals surface area contributed by atoms with E-state index >= 15 is 0 Å². The molecule has 4 heteroatoms. The van der Waals surface area contributed by atoms with Gasteiger partial charge in [0.2, 0.25) is 0 Å². The normalized spacial score (nSPS) is 21.4. The average Bonchev–Trinajstić information content (AvgIpc) is 2.67. The summed E-state index contributed by atoms with van der Waals surface area (Å²) in [5.74, 6) is -0.222. The van der Waals surface area contributed by atoms with Crippen LogP contribution in [0.3, 0.4) is 0 Å². The van der Waals surface area contributed by atoms with Crippen molar-refractivity contribution < 1.29 is 18.7 Å². The zero-order chi connectivity index (χ0) is 14.0. The fourth-order valence-electron chi connectivity index (χ4n) is 2.28. The minimum Gasteiger partial charge on any atom is -0.490 e. The van der Waals surface area contributed by atoms with Crippen molar-refractivity contribution >= 4 is 5.78 Å². The number of Topliss-reactive ketones (excluding diaryl/α,β-unsaturated/α-hetero) is 1. The summed E-state index contributed by atoms with van der Waals surface area (Å²) in [6, 6.07) is 3.99. The molecule has 0 bridgehead atoms. The van der Waals surface area contributed by atoms with Gasteiger partial charge in [-0.25, -0.2) is 4.39 Å². The first-order chi connectivity index (χ1) is 8.87. The van der Waals surface area contributed by atoms with Gasteiger partial charge in [-0.1, -0.05) is 0 Å². The molecule has 1 unspecified atom stereocenters. The third-order valence-electron chi connectivity index (χ3n) is 3.30. The minimum absolute atomic E-state index is 0.0276. The van der Waals surface area contributed by atoms with E-state index in [1.807, 2.05) is 13.8 Å². The summed E-state index contributed by atoms with van der Waals surface area (Å²) in [4.78, 5) is 11.4. The number of benzene rings is 1. The van der Waals surface area contributed by atoms with Crippen LogP contribution in [-0.2, 0) is 4.74 Å². The van der Waals surface area contributed by atoms with Crippen molar-refractivity contribution in [2.24, 2.45) is 0 Å². The number of ketones is 1. The molecule has 0 aliphatic carbocycles. The molecule has 1 fully saturated rings. The number of rotatable bonds is 4. The van der Waals surface area contributed by atoms with Crippen LogP contribution in [0.2, 0.25) is 0 Å². The Labute approximate surface area is 112 Å². The second-order valence-corrected chi connectivity index (χ2v) is 5.55. The fraction of sp³-hybridized carbons (Fsp3) is 0.533. The molecule has 0 N–H and O–H groups in total. The molecule has 2 rings (SSSR count). The molecule has 1 aromatic carbocycles. The smallest absolute Gasteiger partial charge is 0.163 e. The summed E-state index contributed by atoms with van der Waals surface area (Å²) in [5, 5.41) is 0. The van der Waals surface area contributed by atoms with Gasteiger partial charge in [0.15, 0.2) is 5.78 Å². The standard InChI is InChI=1S/C15H19FO3/c1-10(17)13-8-11(16)4-5-14(13)18-9-12-6-7-15(2,3)19-12/h4-5,8,12H,6-7,9H2,1-3H3. The minimum atomic E-state index is -0.434. The molecule has 1 aliphatic rings.